The molecule has 131 heavy (non-hydrogen) atoms. The Bertz CT molecular complexity index is 35.1. The molecule has 0 aliphatic rings. The van der Waals surface area contributed by atoms with Gasteiger partial charge in [0.1, 0.15) is 0 Å². The Labute approximate surface area is 2590 Å². The zero-order valence-electron chi connectivity index (χ0n) is 51.0. The normalized spacial score (nSPS) is 0. The predicted molar refractivity (Wildman–Crippen MR) is 40.4 cm³/mol. The molecular weight excluding hydrogens is 23100 g/mol. The van der Waals surface area contributed by atoms with E-state index in [1.165, 1.54) is 0 Å². The molecule has 0 aliphatic carbocycles. The van der Waals surface area contributed by atoms with Crippen molar-refractivity contribution in [1.82, 2.24) is 0 Å². The van der Waals surface area contributed by atoms with Crippen LogP contribution in [0, 0.1) is 0 Å². The zero-order chi connectivity index (χ0) is 0. The van der Waals surface area contributed by atoms with E-state index in [1.807, 2.05) is 0 Å². The first kappa shape index (κ1) is 1370. The minimum Gasteiger partial charge on any atom is -0.0776 e. The summed E-state index contributed by atoms with van der Waals surface area (Å²) >= 11 is 0. The average molecular weight is 23100 g/mol. The van der Waals surface area contributed by atoms with Crippen molar-refractivity contribution in [1.29, 1.82) is 0 Å². The van der Waals surface area contributed by atoms with Gasteiger partial charge in [-0.05, 0) is 0 Å². The third kappa shape index (κ3) is 1340. The van der Waals surface area contributed by atoms with Crippen LogP contribution in [0.15, 0.2) is 0 Å². The van der Waals surface area contributed by atoms with E-state index < -0.39 is 0 Å². The van der Waals surface area contributed by atoms with Crippen molar-refractivity contribution >= 4 is 0 Å². The van der Waals surface area contributed by atoms with Crippen LogP contribution in [-0.2, 0) is 2630 Å². The molecule has 0 unspecified atom stereocenters. The Balaban J connectivity index is 0. The van der Waals surface area contributed by atoms with E-state index in [-0.39, 0.29) is 2680 Å². The fraction of sp³-hybridized carbons (Fsp3) is 1.00. The van der Waals surface area contributed by atoms with Gasteiger partial charge in [-0.15, -0.1) is 0 Å². The summed E-state index contributed by atoms with van der Waals surface area (Å²) in [6, 6.07) is 0. The van der Waals surface area contributed by atoms with E-state index >= 15 is 0 Å². The van der Waals surface area contributed by atoms with Crippen LogP contribution in [0.3, 0.4) is 0 Å². The van der Waals surface area contributed by atoms with Gasteiger partial charge in [-0.25, -0.2) is 0 Å². The summed E-state index contributed by atoms with van der Waals surface area (Å²) in [6.07, 6.45) is 0. The van der Waals surface area contributed by atoms with Gasteiger partial charge in [0.05, 0.1) is 0 Å². The maximum absolute atomic E-state index is 0. The Morgan fingerprint density at radius 2 is 0.0153 bits per heavy atom. The van der Waals surface area contributed by atoms with Crippen LogP contribution in [-0.4, -0.2) is 0 Å². The van der Waals surface area contributed by atoms with Gasteiger partial charge in [0.15, 0.2) is 0 Å². The Hall–Kier alpha value is 86.0. The van der Waals surface area contributed by atoms with Gasteiger partial charge in [0.25, 0.3) is 0 Å². The van der Waals surface area contributed by atoms with Crippen LogP contribution in [0.5, 0.6) is 0 Å². The molecule has 0 spiro atoms. The van der Waals surface area contributed by atoms with E-state index in [9.17, 15) is 0 Å². The van der Waals surface area contributed by atoms with Crippen molar-refractivity contribution in [3.8, 4) is 0 Å². The molecule has 125 heteroatoms. The molecule has 0 bridgehead atoms. The second kappa shape index (κ2) is 1350. The minimum absolute atomic E-state index is 0. The molecule has 0 nitrogen and oxygen atoms in total. The van der Waals surface area contributed by atoms with Gasteiger partial charge in [-0.2, -0.15) is 0 Å². The molecule has 0 fully saturated rings. The molecule has 0 N–H and O–H groups in total. The van der Waals surface area contributed by atoms with Crippen molar-refractivity contribution in [3.63, 3.8) is 0 Å². The van der Waals surface area contributed by atoms with Crippen molar-refractivity contribution < 1.29 is 2630 Å². The fourth-order valence-electron chi connectivity index (χ4n) is 0. The van der Waals surface area contributed by atoms with Crippen molar-refractivity contribution in [3.05, 3.63) is 0 Å². The summed E-state index contributed by atoms with van der Waals surface area (Å²) in [4.78, 5) is 0. The second-order valence-corrected chi connectivity index (χ2v) is 0. The molecule has 0 rings (SSSR count). The van der Waals surface area contributed by atoms with Crippen LogP contribution < -0.4 is 0 Å². The fourth-order valence-corrected chi connectivity index (χ4v) is 0. The predicted octanol–water partition coefficient (Wildman–Crippen LogP) is 3.50. The summed E-state index contributed by atoms with van der Waals surface area (Å²) in [6.45, 7) is 0. The van der Waals surface area contributed by atoms with Gasteiger partial charge >= 0.3 is 0 Å². The van der Waals surface area contributed by atoms with Gasteiger partial charge < -0.3 is 0 Å². The summed E-state index contributed by atoms with van der Waals surface area (Å²) in [5.74, 6) is 0. The molecule has 0 aliphatic heterocycles. The monoisotopic (exact) mass is 23100 g/mol. The zero-order valence-corrected chi connectivity index (χ0v) is 418. The van der Waals surface area contributed by atoms with E-state index in [4.69, 9.17) is 0 Å². The number of hydrogen-bond acceptors (Lipinski definition) is 0. The van der Waals surface area contributed by atoms with Crippen LogP contribution >= 0.6 is 0 Å². The molecule has 0 saturated carbocycles. The minimum atomic E-state index is 0. The topological polar surface area (TPSA) is 0 Å². The van der Waals surface area contributed by atoms with E-state index in [2.05, 4.69) is 0 Å². The number of hydrogen-bond donors (Lipinski definition) is 0. The molecule has 0 atom stereocenters. The Morgan fingerprint density at radius 3 is 0.0153 bits per heavy atom. The van der Waals surface area contributed by atoms with Gasteiger partial charge in [0.2, 0.25) is 0 Å². The van der Waals surface area contributed by atoms with Gasteiger partial charge in [0, 0.05) is 2630 Å². The van der Waals surface area contributed by atoms with Crippen molar-refractivity contribution in [2.24, 2.45) is 0 Å². The molecule has 0 heterocycles. The standard InChI is InChI=1S/6CH4.125W/h6*1H4;;;;;;;;;;;;;;;;;;;;;;;;;;;;;;;;;;;;;;;;;;;;;;;;;;;;;;;;;;;;;;;;;;;;;;;;;;;;;;;;;;;;;;;;;;;;;;;;;;;;;;;;;;;;;;;;;;;;;;;;;;;;;. The van der Waals surface area contributed by atoms with Gasteiger partial charge in [-0.3, -0.25) is 0 Å². The third-order valence-electron chi connectivity index (χ3n) is 0. The molecule has 0 radical (unpaired) electrons. The summed E-state index contributed by atoms with van der Waals surface area (Å²) in [7, 11) is 0. The van der Waals surface area contributed by atoms with Crippen LogP contribution in [0.25, 0.3) is 0 Å². The summed E-state index contributed by atoms with van der Waals surface area (Å²) in [5, 5.41) is 0. The van der Waals surface area contributed by atoms with Crippen LogP contribution in [0.2, 0.25) is 0 Å². The molecule has 0 amide bonds. The van der Waals surface area contributed by atoms with E-state index in [0.29, 0.717) is 0 Å². The summed E-state index contributed by atoms with van der Waals surface area (Å²) < 4.78 is 0. The van der Waals surface area contributed by atoms with Crippen molar-refractivity contribution in [2.45, 2.75) is 44.6 Å². The smallest absolute Gasteiger partial charge is 0 e. The van der Waals surface area contributed by atoms with Crippen molar-refractivity contribution in [2.75, 3.05) is 0 Å². The second-order valence-electron chi connectivity index (χ2n) is 0. The Morgan fingerprint density at radius 1 is 0.0153 bits per heavy atom. The van der Waals surface area contributed by atoms with E-state index in [1.54, 1.807) is 0 Å². The summed E-state index contributed by atoms with van der Waals surface area (Å²) in [5.41, 5.74) is 0. The first-order chi connectivity index (χ1) is 0. The third-order valence-corrected chi connectivity index (χ3v) is 0. The first-order valence-corrected chi connectivity index (χ1v) is 0. The molecular formula is C6H24W125. The first-order valence-electron chi connectivity index (χ1n) is 0. The average Bonchev–Trinajstić information content (AvgIpc) is 0. The maximum Gasteiger partial charge on any atom is 0 e. The maximum atomic E-state index is 0. The molecule has 0 saturated heterocycles. The van der Waals surface area contributed by atoms with Crippen LogP contribution in [0.4, 0.5) is 0 Å². The largest absolute Gasteiger partial charge is 0.0776 e. The molecule has 798 valence electrons. The van der Waals surface area contributed by atoms with E-state index in [0.717, 1.165) is 0 Å². The molecule has 0 aromatic heterocycles. The SMILES string of the molecule is C.C.C.C.C.C.[W].[W].[W].[W].[W].[W].[W].[W].[W].[W].[W].[W].[W].[W].[W].[W].[W].[W].[W].[W].[W].[W].[W].[W].[W].[W].[W].[W].[W].[W].[W].[W].[W].[W].[W].[W].[W].[W].[W].[W].[W].[W].[W].[W].[W].[W].[W].[W].[W].[W].[W].[W].[W].[W].[W].[W].[W].[W].[W].[W].[W].[W].[W].[W].[W].[W].[W].[W].[W].[W].[W].[W].[W].[W].[W].[W].[W].[W].[W].[W].[W].[W].[W].[W].[W].[W].[W].[W].[W].[W].[W].[W].[W].[W].[W].[W].[W].[W].[W].[W].[W].[W].[W].[W].[W].[W].[W].[W].[W].[W].[W].[W].[W].[W].[W].[W].[W].[W].[W].[W].[W].[W].[W].[W].[W]. The Kier molecular flexibility index (Phi) is 14100. The van der Waals surface area contributed by atoms with Crippen LogP contribution in [0.1, 0.15) is 44.6 Å². The van der Waals surface area contributed by atoms with Gasteiger partial charge in [-0.1, -0.05) is 44.6 Å². The molecule has 0 aromatic carbocycles. The quantitative estimate of drug-likeness (QED) is 0.349. The number of rotatable bonds is 0. The molecule has 0 aromatic rings.